The molecule has 0 fully saturated rings. The van der Waals surface area contributed by atoms with Crippen molar-refractivity contribution in [3.63, 3.8) is 0 Å². The van der Waals surface area contributed by atoms with Gasteiger partial charge >= 0.3 is 0 Å². The van der Waals surface area contributed by atoms with Gasteiger partial charge in [0.1, 0.15) is 0 Å². The Balaban J connectivity index is 4.46. The Morgan fingerprint density at radius 3 is 1.11 bits per heavy atom. The Kier molecular flexibility index (Phi) is 2.31. The molecule has 5 nitrogen and oxygen atoms in total. The highest BCUT2D eigenvalue weighted by Crippen LogP contribution is 1.76. The van der Waals surface area contributed by atoms with Crippen LogP contribution in [0.1, 0.15) is 0 Å². The molecule has 0 unspecified atom stereocenters. The van der Waals surface area contributed by atoms with Crippen LogP contribution in [0.3, 0.4) is 0 Å². The maximum atomic E-state index is 10.2. The molecule has 1 N–H and O–H groups in total. The highest BCUT2D eigenvalue weighted by atomic mass is 32.3. The third kappa shape index (κ3) is 7.99. The van der Waals surface area contributed by atoms with E-state index in [-0.39, 0.29) is 0 Å². The molecule has 0 spiro atoms. The summed E-state index contributed by atoms with van der Waals surface area (Å²) in [6.45, 7) is 0. The standard InChI is InChI=1S/B2H5NO4S2/c1-8(4,5)3-9(2,6)7/h3H,1-2H2. The number of rotatable bonds is 2. The fraction of sp³-hybridized carbons (Fsp3) is 0. The van der Waals surface area contributed by atoms with Gasteiger partial charge in [0.2, 0.25) is 0 Å². The van der Waals surface area contributed by atoms with Crippen molar-refractivity contribution in [1.29, 1.82) is 0 Å². The van der Waals surface area contributed by atoms with Crippen molar-refractivity contribution in [2.24, 2.45) is 0 Å². The summed E-state index contributed by atoms with van der Waals surface area (Å²) in [6.07, 6.45) is 0. The number of hydrogen-bond acceptors (Lipinski definition) is 4. The molecule has 0 atom stereocenters. The lowest BCUT2D eigenvalue weighted by Crippen LogP contribution is -2.29. The topological polar surface area (TPSA) is 80.3 Å². The molecule has 0 aliphatic carbocycles. The minimum absolute atomic E-state index is 0.772. The summed E-state index contributed by atoms with van der Waals surface area (Å²) in [5, 5.41) is 0. The van der Waals surface area contributed by atoms with Crippen molar-refractivity contribution in [3.05, 3.63) is 0 Å². The molecule has 0 aromatic rings. The minimum atomic E-state index is -3.62. The van der Waals surface area contributed by atoms with Gasteiger partial charge in [-0.25, -0.2) is 16.8 Å². The number of hydrogen-bond donors (Lipinski definition) is 1. The molecule has 0 aliphatic heterocycles. The summed E-state index contributed by atoms with van der Waals surface area (Å²) in [7, 11) is -5.70. The minimum Gasteiger partial charge on any atom is -0.225 e. The van der Waals surface area contributed by atoms with Gasteiger partial charge in [-0.05, 0) is 0 Å². The monoisotopic (exact) mass is 169 g/mol. The Labute approximate surface area is 55.5 Å². The molecule has 9 heavy (non-hydrogen) atoms. The first-order valence-corrected chi connectivity index (χ1v) is 5.67. The quantitative estimate of drug-likeness (QED) is 0.431. The van der Waals surface area contributed by atoms with Gasteiger partial charge in [-0.15, -0.1) is 4.13 Å². The second kappa shape index (κ2) is 2.31. The second-order valence-corrected chi connectivity index (χ2v) is 5.38. The molecule has 0 amide bonds. The van der Waals surface area contributed by atoms with Gasteiger partial charge in [0, 0.05) is 0 Å². The van der Waals surface area contributed by atoms with E-state index in [0.717, 1.165) is 14.2 Å². The molecule has 0 aromatic carbocycles. The van der Waals surface area contributed by atoms with Crippen LogP contribution in [0.4, 0.5) is 0 Å². The molecule has 0 saturated heterocycles. The van der Waals surface area contributed by atoms with Crippen molar-refractivity contribution in [1.82, 2.24) is 4.13 Å². The van der Waals surface area contributed by atoms with Crippen molar-refractivity contribution in [2.45, 2.75) is 0 Å². The van der Waals surface area contributed by atoms with Crippen LogP contribution in [-0.2, 0) is 19.7 Å². The average molecular weight is 169 g/mol. The lowest BCUT2D eigenvalue weighted by atomic mass is 10.8. The van der Waals surface area contributed by atoms with E-state index in [2.05, 4.69) is 0 Å². The molecule has 0 aliphatic rings. The Bertz CT molecular complexity index is 242. The molecule has 0 saturated carbocycles. The van der Waals surface area contributed by atoms with E-state index in [9.17, 15) is 16.8 Å². The van der Waals surface area contributed by atoms with E-state index >= 15 is 0 Å². The van der Waals surface area contributed by atoms with Crippen LogP contribution in [-0.4, -0.2) is 31.1 Å². The first-order chi connectivity index (χ1) is 3.71. The normalized spacial score (nSPS) is 13.3. The fourth-order valence-corrected chi connectivity index (χ4v) is 2.47. The van der Waals surface area contributed by atoms with Gasteiger partial charge in [-0.1, -0.05) is 0 Å². The van der Waals surface area contributed by atoms with Crippen molar-refractivity contribution < 1.29 is 16.8 Å². The van der Waals surface area contributed by atoms with Crippen LogP contribution < -0.4 is 4.13 Å². The third-order valence-electron chi connectivity index (χ3n) is 0.303. The lowest BCUT2D eigenvalue weighted by molar-refractivity contribution is 0.593. The molecular weight excluding hydrogens is 164 g/mol. The fourth-order valence-electron chi connectivity index (χ4n) is 0.275. The maximum absolute atomic E-state index is 10.2. The SMILES string of the molecule is BS(=O)(=O)NS(B)(=O)=O. The Hall–Kier alpha value is -0.0101. The van der Waals surface area contributed by atoms with Crippen LogP contribution in [0, 0.1) is 0 Å². The van der Waals surface area contributed by atoms with Crippen LogP contribution in [0.5, 0.6) is 0 Å². The van der Waals surface area contributed by atoms with Gasteiger partial charge in [-0.2, -0.15) is 0 Å². The largest absolute Gasteiger partial charge is 0.277 e. The highest BCUT2D eigenvalue weighted by Gasteiger charge is 2.07. The summed E-state index contributed by atoms with van der Waals surface area (Å²) in [5.74, 6) is 0. The predicted molar refractivity (Wildman–Crippen MR) is 38.1 cm³/mol. The zero-order chi connectivity index (χ0) is 7.71. The Morgan fingerprint density at radius 1 is 0.889 bits per heavy atom. The van der Waals surface area contributed by atoms with Crippen LogP contribution in [0.25, 0.3) is 0 Å². The molecule has 9 heteroatoms. The van der Waals surface area contributed by atoms with E-state index < -0.39 is 19.7 Å². The van der Waals surface area contributed by atoms with Crippen molar-refractivity contribution in [3.8, 4) is 0 Å². The van der Waals surface area contributed by atoms with E-state index in [1.807, 2.05) is 0 Å². The van der Waals surface area contributed by atoms with Gasteiger partial charge in [0.15, 0.2) is 19.7 Å². The first kappa shape index (κ1) is 8.99. The molecular formula is H5B2NO4S2. The molecule has 0 aromatic heterocycles. The maximum Gasteiger partial charge on any atom is 0.277 e. The summed E-state index contributed by atoms with van der Waals surface area (Å²) in [4.78, 5) is 0. The van der Waals surface area contributed by atoms with E-state index in [1.54, 1.807) is 0 Å². The third-order valence-corrected chi connectivity index (χ3v) is 2.72. The van der Waals surface area contributed by atoms with E-state index in [1.165, 1.54) is 4.13 Å². The second-order valence-electron chi connectivity index (χ2n) is 1.63. The molecule has 0 radical (unpaired) electrons. The van der Waals surface area contributed by atoms with Crippen LogP contribution in [0.15, 0.2) is 0 Å². The van der Waals surface area contributed by atoms with E-state index in [0.29, 0.717) is 0 Å². The summed E-state index contributed by atoms with van der Waals surface area (Å²) in [5.41, 5.74) is 0. The summed E-state index contributed by atoms with van der Waals surface area (Å²) in [6, 6.07) is 0. The lowest BCUT2D eigenvalue weighted by Gasteiger charge is -1.95. The predicted octanol–water partition coefficient (Wildman–Crippen LogP) is -3.67. The zero-order valence-electron chi connectivity index (χ0n) is 4.95. The van der Waals surface area contributed by atoms with Crippen LogP contribution in [0.2, 0.25) is 0 Å². The number of nitrogens with one attached hydrogen (secondary N) is 1. The van der Waals surface area contributed by atoms with Crippen molar-refractivity contribution >= 4 is 34.0 Å². The zero-order valence-corrected chi connectivity index (χ0v) is 6.58. The van der Waals surface area contributed by atoms with Crippen LogP contribution >= 0.6 is 0 Å². The van der Waals surface area contributed by atoms with Gasteiger partial charge in [-0.3, -0.25) is 0 Å². The van der Waals surface area contributed by atoms with Gasteiger partial charge in [0.25, 0.3) is 14.2 Å². The molecule has 0 rings (SSSR count). The summed E-state index contributed by atoms with van der Waals surface area (Å²) < 4.78 is 42.0. The smallest absolute Gasteiger partial charge is 0.225 e. The molecule has 52 valence electrons. The van der Waals surface area contributed by atoms with Gasteiger partial charge < -0.3 is 0 Å². The highest BCUT2D eigenvalue weighted by molar-refractivity contribution is 8.24. The first-order valence-electron chi connectivity index (χ1n) is 1.89. The average Bonchev–Trinajstić information content (AvgIpc) is 1.14. The summed E-state index contributed by atoms with van der Waals surface area (Å²) >= 11 is 0. The van der Waals surface area contributed by atoms with E-state index in [4.69, 9.17) is 0 Å². The van der Waals surface area contributed by atoms with Gasteiger partial charge in [0.05, 0.1) is 0 Å². The van der Waals surface area contributed by atoms with Crippen molar-refractivity contribution in [2.75, 3.05) is 0 Å². The Morgan fingerprint density at radius 2 is 1.11 bits per heavy atom. The molecule has 0 bridgehead atoms. The molecule has 0 heterocycles.